The second-order valence-electron chi connectivity index (χ2n) is 7.43. The summed E-state index contributed by atoms with van der Waals surface area (Å²) in [6.45, 7) is 1.39. The van der Waals surface area contributed by atoms with Gasteiger partial charge in [-0.25, -0.2) is 14.9 Å². The molecule has 1 fully saturated rings. The van der Waals surface area contributed by atoms with Gasteiger partial charge in [0.1, 0.15) is 12.0 Å². The number of nitrogens with zero attached hydrogens (tertiary/aromatic N) is 4. The molecule has 1 aromatic heterocycles. The van der Waals surface area contributed by atoms with Crippen LogP contribution in [0.2, 0.25) is 0 Å². The molecule has 7 nitrogen and oxygen atoms in total. The number of amides is 3. The first kappa shape index (κ1) is 18.2. The molecule has 0 spiro atoms. The number of carbonyl (C=O) groups is 3. The zero-order chi connectivity index (χ0) is 20.7. The molecule has 1 saturated heterocycles. The van der Waals surface area contributed by atoms with Crippen LogP contribution in [0, 0.1) is 0 Å². The molecule has 2 aliphatic heterocycles. The van der Waals surface area contributed by atoms with Crippen LogP contribution in [0.4, 0.5) is 5.69 Å². The van der Waals surface area contributed by atoms with Gasteiger partial charge < -0.3 is 4.90 Å². The van der Waals surface area contributed by atoms with Crippen LogP contribution in [0.15, 0.2) is 67.1 Å². The van der Waals surface area contributed by atoms with E-state index in [0.717, 1.165) is 11.3 Å². The Balaban J connectivity index is 1.32. The number of likely N-dealkylation sites (tertiary alicyclic amines) is 1. The minimum absolute atomic E-state index is 0.0480. The molecular formula is C23H18N4O3. The highest BCUT2D eigenvalue weighted by Gasteiger charge is 2.38. The first-order valence-electron chi connectivity index (χ1n) is 9.76. The van der Waals surface area contributed by atoms with Gasteiger partial charge in [-0.2, -0.15) is 0 Å². The van der Waals surface area contributed by atoms with Crippen molar-refractivity contribution in [3.63, 3.8) is 0 Å². The fraction of sp³-hybridized carbons (Fsp3) is 0.174. The monoisotopic (exact) mass is 398 g/mol. The lowest BCUT2D eigenvalue weighted by Gasteiger charge is -2.18. The van der Waals surface area contributed by atoms with Gasteiger partial charge in [0.2, 0.25) is 0 Å². The number of carbonyl (C=O) groups excluding carboxylic acids is 3. The number of aromatic nitrogens is 2. The van der Waals surface area contributed by atoms with Crippen molar-refractivity contribution in [3.05, 3.63) is 89.5 Å². The highest BCUT2D eigenvalue weighted by molar-refractivity contribution is 6.33. The molecule has 3 aromatic rings. The van der Waals surface area contributed by atoms with E-state index in [9.17, 15) is 14.4 Å². The summed E-state index contributed by atoms with van der Waals surface area (Å²) in [6.07, 6.45) is 3.52. The lowest BCUT2D eigenvalue weighted by Crippen LogP contribution is -2.30. The van der Waals surface area contributed by atoms with E-state index in [0.29, 0.717) is 30.3 Å². The molecule has 3 heterocycles. The summed E-state index contributed by atoms with van der Waals surface area (Å²) in [5.74, 6) is -0.649. The van der Waals surface area contributed by atoms with Crippen molar-refractivity contribution in [2.75, 3.05) is 18.0 Å². The third-order valence-electron chi connectivity index (χ3n) is 5.67. The number of anilines is 1. The highest BCUT2D eigenvalue weighted by atomic mass is 16.2. The van der Waals surface area contributed by atoms with Gasteiger partial charge in [0, 0.05) is 30.8 Å². The predicted octanol–water partition coefficient (Wildman–Crippen LogP) is 2.91. The Morgan fingerprint density at radius 3 is 2.47 bits per heavy atom. The first-order valence-corrected chi connectivity index (χ1v) is 9.76. The van der Waals surface area contributed by atoms with Crippen LogP contribution in [0.5, 0.6) is 0 Å². The number of benzene rings is 2. The zero-order valence-electron chi connectivity index (χ0n) is 16.1. The maximum Gasteiger partial charge on any atom is 0.284 e. The van der Waals surface area contributed by atoms with Crippen molar-refractivity contribution in [1.82, 2.24) is 14.9 Å². The average molecular weight is 398 g/mol. The summed E-state index contributed by atoms with van der Waals surface area (Å²) in [5.41, 5.74) is 2.47. The van der Waals surface area contributed by atoms with E-state index < -0.39 is 11.8 Å². The second-order valence-corrected chi connectivity index (χ2v) is 7.43. The fourth-order valence-corrected chi connectivity index (χ4v) is 4.09. The summed E-state index contributed by atoms with van der Waals surface area (Å²) < 4.78 is 0. The maximum atomic E-state index is 12.9. The Bertz CT molecular complexity index is 1110. The van der Waals surface area contributed by atoms with E-state index in [1.165, 1.54) is 18.1 Å². The molecule has 2 aromatic carbocycles. The van der Waals surface area contributed by atoms with Gasteiger partial charge in [-0.05, 0) is 36.2 Å². The lowest BCUT2D eigenvalue weighted by molar-refractivity contribution is 0.0790. The Hall–Kier alpha value is -3.87. The SMILES string of the molecule is O=C(c1ccc(N2C(=O)c3cncnc3C2=O)cc1)N1CC[C@@H](c2ccccc2)C1. The van der Waals surface area contributed by atoms with Crippen molar-refractivity contribution >= 4 is 23.4 Å². The second kappa shape index (κ2) is 7.18. The van der Waals surface area contributed by atoms with Crippen LogP contribution in [0.25, 0.3) is 0 Å². The van der Waals surface area contributed by atoms with Crippen molar-refractivity contribution < 1.29 is 14.4 Å². The summed E-state index contributed by atoms with van der Waals surface area (Å²) in [4.78, 5) is 48.7. The molecule has 0 unspecified atom stereocenters. The molecule has 0 N–H and O–H groups in total. The van der Waals surface area contributed by atoms with Gasteiger partial charge in [0.05, 0.1) is 11.3 Å². The molecule has 30 heavy (non-hydrogen) atoms. The average Bonchev–Trinajstić information content (AvgIpc) is 3.38. The van der Waals surface area contributed by atoms with E-state index >= 15 is 0 Å². The summed E-state index contributed by atoms with van der Waals surface area (Å²) >= 11 is 0. The molecule has 148 valence electrons. The van der Waals surface area contributed by atoms with Crippen LogP contribution in [0.1, 0.15) is 49.1 Å². The number of imide groups is 1. The summed E-state index contributed by atoms with van der Waals surface area (Å²) in [6, 6.07) is 16.8. The first-order chi connectivity index (χ1) is 14.6. The maximum absolute atomic E-state index is 12.9. The number of hydrogen-bond donors (Lipinski definition) is 0. The lowest BCUT2D eigenvalue weighted by atomic mass is 9.99. The van der Waals surface area contributed by atoms with E-state index in [1.54, 1.807) is 24.3 Å². The molecule has 0 aliphatic carbocycles. The summed E-state index contributed by atoms with van der Waals surface area (Å²) in [7, 11) is 0. The van der Waals surface area contributed by atoms with Crippen molar-refractivity contribution in [2.45, 2.75) is 12.3 Å². The topological polar surface area (TPSA) is 83.5 Å². The third-order valence-corrected chi connectivity index (χ3v) is 5.67. The van der Waals surface area contributed by atoms with Crippen molar-refractivity contribution in [1.29, 1.82) is 0 Å². The normalized spacial score (nSPS) is 18.1. The minimum atomic E-state index is -0.485. The molecule has 2 aliphatic rings. The molecule has 1 atom stereocenters. The van der Waals surface area contributed by atoms with Gasteiger partial charge in [-0.3, -0.25) is 14.4 Å². The van der Waals surface area contributed by atoms with Gasteiger partial charge in [-0.1, -0.05) is 30.3 Å². The third kappa shape index (κ3) is 2.95. The van der Waals surface area contributed by atoms with E-state index in [4.69, 9.17) is 0 Å². The Kier molecular flexibility index (Phi) is 4.35. The molecular weight excluding hydrogens is 380 g/mol. The van der Waals surface area contributed by atoms with E-state index in [1.807, 2.05) is 23.1 Å². The number of hydrogen-bond acceptors (Lipinski definition) is 5. The Morgan fingerprint density at radius 1 is 0.967 bits per heavy atom. The van der Waals surface area contributed by atoms with E-state index in [2.05, 4.69) is 22.1 Å². The molecule has 0 saturated carbocycles. The molecule has 7 heteroatoms. The van der Waals surface area contributed by atoms with E-state index in [-0.39, 0.29) is 17.2 Å². The minimum Gasteiger partial charge on any atom is -0.338 e. The molecule has 0 radical (unpaired) electrons. The van der Waals surface area contributed by atoms with Gasteiger partial charge >= 0.3 is 0 Å². The molecule has 5 rings (SSSR count). The van der Waals surface area contributed by atoms with Crippen LogP contribution in [-0.2, 0) is 0 Å². The molecule has 0 bridgehead atoms. The van der Waals surface area contributed by atoms with Gasteiger partial charge in [0.15, 0.2) is 0 Å². The quantitative estimate of drug-likeness (QED) is 0.634. The van der Waals surface area contributed by atoms with Gasteiger partial charge in [-0.15, -0.1) is 0 Å². The number of rotatable bonds is 3. The van der Waals surface area contributed by atoms with Crippen molar-refractivity contribution in [3.8, 4) is 0 Å². The zero-order valence-corrected chi connectivity index (χ0v) is 16.1. The van der Waals surface area contributed by atoms with Crippen molar-refractivity contribution in [2.24, 2.45) is 0 Å². The Labute approximate surface area is 173 Å². The van der Waals surface area contributed by atoms with Crippen LogP contribution in [0.3, 0.4) is 0 Å². The highest BCUT2D eigenvalue weighted by Crippen LogP contribution is 2.29. The standard InChI is InChI=1S/C23H18N4O3/c28-21(26-11-10-17(13-26)15-4-2-1-3-5-15)16-6-8-18(9-7-16)27-22(29)19-12-24-14-25-20(19)23(27)30/h1-9,12,14,17H,10-11,13H2/t17-/m1/s1. The van der Waals surface area contributed by atoms with Gasteiger partial charge in [0.25, 0.3) is 17.7 Å². The summed E-state index contributed by atoms with van der Waals surface area (Å²) in [5, 5.41) is 0. The number of fused-ring (bicyclic) bond motifs is 1. The smallest absolute Gasteiger partial charge is 0.284 e. The van der Waals surface area contributed by atoms with Crippen LogP contribution in [-0.4, -0.2) is 45.7 Å². The Morgan fingerprint density at radius 2 is 1.73 bits per heavy atom. The molecule has 3 amide bonds. The van der Waals surface area contributed by atoms with Crippen LogP contribution >= 0.6 is 0 Å². The largest absolute Gasteiger partial charge is 0.338 e. The van der Waals surface area contributed by atoms with Crippen LogP contribution < -0.4 is 4.90 Å². The predicted molar refractivity (Wildman–Crippen MR) is 109 cm³/mol. The fourth-order valence-electron chi connectivity index (χ4n) is 4.09.